The first kappa shape index (κ1) is 11.8. The highest BCUT2D eigenvalue weighted by atomic mass is 79.9. The van der Waals surface area contributed by atoms with Crippen LogP contribution in [-0.4, -0.2) is 30.6 Å². The predicted molar refractivity (Wildman–Crippen MR) is 68.6 cm³/mol. The Hall–Kier alpha value is -1.04. The monoisotopic (exact) mass is 322 g/mol. The maximum atomic E-state index is 12.4. The van der Waals surface area contributed by atoms with Crippen LogP contribution < -0.4 is 0 Å². The summed E-state index contributed by atoms with van der Waals surface area (Å²) in [5.74, 6) is -0.404. The van der Waals surface area contributed by atoms with E-state index in [1.165, 1.54) is 0 Å². The molecule has 1 saturated carbocycles. The highest BCUT2D eigenvalue weighted by Gasteiger charge is 2.68. The molecule has 3 aliphatic rings. The SMILES string of the molecule is O=C(c1ccc(Br)cc1)C1C2C(=O)C3OCC(O3)C12. The molecule has 4 nitrogen and oxygen atoms in total. The van der Waals surface area contributed by atoms with Gasteiger partial charge in [-0.2, -0.15) is 0 Å². The average Bonchev–Trinajstić information content (AvgIpc) is 3.02. The van der Waals surface area contributed by atoms with E-state index in [1.54, 1.807) is 12.1 Å². The van der Waals surface area contributed by atoms with Gasteiger partial charge in [0, 0.05) is 27.8 Å². The Kier molecular flexibility index (Phi) is 2.46. The second-order valence-corrected chi connectivity index (χ2v) is 6.16. The number of Topliss-reactive ketones (excluding diaryl/α,β-unsaturated/α-hetero) is 2. The summed E-state index contributed by atoms with van der Waals surface area (Å²) in [5, 5.41) is 0. The van der Waals surface area contributed by atoms with Gasteiger partial charge in [-0.25, -0.2) is 0 Å². The molecule has 2 saturated heterocycles. The molecule has 1 aliphatic carbocycles. The van der Waals surface area contributed by atoms with Crippen LogP contribution in [0.1, 0.15) is 10.4 Å². The number of halogens is 1. The Morgan fingerprint density at radius 1 is 1.26 bits per heavy atom. The third-order valence-electron chi connectivity index (χ3n) is 4.21. The van der Waals surface area contributed by atoms with E-state index in [0.717, 1.165) is 4.47 Å². The van der Waals surface area contributed by atoms with Crippen LogP contribution in [0.5, 0.6) is 0 Å². The largest absolute Gasteiger partial charge is 0.343 e. The van der Waals surface area contributed by atoms with Crippen LogP contribution in [0.2, 0.25) is 0 Å². The zero-order valence-electron chi connectivity index (χ0n) is 9.91. The number of ether oxygens (including phenoxy) is 2. The first-order valence-corrected chi connectivity index (χ1v) is 7.06. The van der Waals surface area contributed by atoms with Crippen LogP contribution in [0.15, 0.2) is 28.7 Å². The van der Waals surface area contributed by atoms with Gasteiger partial charge in [0.25, 0.3) is 0 Å². The van der Waals surface area contributed by atoms with Crippen molar-refractivity contribution in [2.75, 3.05) is 6.61 Å². The minimum absolute atomic E-state index is 0.0161. The molecule has 2 aliphatic heterocycles. The molecule has 5 heteroatoms. The number of carbonyl (C=O) groups excluding carboxylic acids is 2. The van der Waals surface area contributed by atoms with Crippen LogP contribution in [-0.2, 0) is 14.3 Å². The number of ketones is 2. The van der Waals surface area contributed by atoms with Crippen molar-refractivity contribution in [3.8, 4) is 0 Å². The fraction of sp³-hybridized carbons (Fsp3) is 0.429. The molecule has 0 amide bonds. The van der Waals surface area contributed by atoms with Crippen molar-refractivity contribution in [2.24, 2.45) is 17.8 Å². The van der Waals surface area contributed by atoms with Gasteiger partial charge in [-0.3, -0.25) is 9.59 Å². The van der Waals surface area contributed by atoms with Gasteiger partial charge in [0.1, 0.15) is 0 Å². The number of fused-ring (bicyclic) bond motifs is 4. The van der Waals surface area contributed by atoms with E-state index in [9.17, 15) is 9.59 Å². The van der Waals surface area contributed by atoms with Crippen molar-refractivity contribution >= 4 is 27.5 Å². The second-order valence-electron chi connectivity index (χ2n) is 5.24. The summed E-state index contributed by atoms with van der Waals surface area (Å²) in [6, 6.07) is 7.26. The van der Waals surface area contributed by atoms with E-state index >= 15 is 0 Å². The van der Waals surface area contributed by atoms with Crippen molar-refractivity contribution in [2.45, 2.75) is 12.4 Å². The van der Waals surface area contributed by atoms with Crippen LogP contribution in [0, 0.1) is 17.8 Å². The van der Waals surface area contributed by atoms with Gasteiger partial charge in [-0.15, -0.1) is 0 Å². The molecule has 3 fully saturated rings. The predicted octanol–water partition coefficient (Wildman–Crippen LogP) is 1.82. The van der Waals surface area contributed by atoms with Crippen LogP contribution in [0.25, 0.3) is 0 Å². The smallest absolute Gasteiger partial charge is 0.218 e. The lowest BCUT2D eigenvalue weighted by atomic mass is 10.0. The lowest BCUT2D eigenvalue weighted by molar-refractivity contribution is -0.153. The highest BCUT2D eigenvalue weighted by Crippen LogP contribution is 2.57. The van der Waals surface area contributed by atoms with E-state index in [0.29, 0.717) is 12.2 Å². The zero-order valence-corrected chi connectivity index (χ0v) is 11.5. The van der Waals surface area contributed by atoms with Crippen LogP contribution in [0.4, 0.5) is 0 Å². The van der Waals surface area contributed by atoms with E-state index in [1.807, 2.05) is 12.1 Å². The third kappa shape index (κ3) is 1.65. The lowest BCUT2D eigenvalue weighted by Crippen LogP contribution is -2.30. The summed E-state index contributed by atoms with van der Waals surface area (Å²) in [4.78, 5) is 24.5. The molecular weight excluding hydrogens is 312 g/mol. The topological polar surface area (TPSA) is 52.6 Å². The molecule has 0 aromatic heterocycles. The van der Waals surface area contributed by atoms with E-state index in [2.05, 4.69) is 15.9 Å². The fourth-order valence-corrected chi connectivity index (χ4v) is 3.50. The van der Waals surface area contributed by atoms with Crippen molar-refractivity contribution < 1.29 is 19.1 Å². The van der Waals surface area contributed by atoms with Gasteiger partial charge < -0.3 is 9.47 Å². The Balaban J connectivity index is 1.60. The van der Waals surface area contributed by atoms with Crippen LogP contribution >= 0.6 is 15.9 Å². The molecule has 19 heavy (non-hydrogen) atoms. The van der Waals surface area contributed by atoms with E-state index in [-0.39, 0.29) is 35.4 Å². The molecule has 5 unspecified atom stereocenters. The molecule has 98 valence electrons. The summed E-state index contributed by atoms with van der Waals surface area (Å²) in [6.07, 6.45) is -0.814. The summed E-state index contributed by atoms with van der Waals surface area (Å²) >= 11 is 3.34. The lowest BCUT2D eigenvalue weighted by Gasteiger charge is -2.14. The normalized spacial score (nSPS) is 39.0. The first-order chi connectivity index (χ1) is 9.16. The molecule has 2 bridgehead atoms. The Morgan fingerprint density at radius 3 is 2.74 bits per heavy atom. The van der Waals surface area contributed by atoms with Crippen molar-refractivity contribution in [3.63, 3.8) is 0 Å². The maximum absolute atomic E-state index is 12.4. The number of hydrogen-bond donors (Lipinski definition) is 0. The number of hydrogen-bond acceptors (Lipinski definition) is 4. The van der Waals surface area contributed by atoms with Crippen LogP contribution in [0.3, 0.4) is 0 Å². The summed E-state index contributed by atoms with van der Waals surface area (Å²) in [7, 11) is 0. The summed E-state index contributed by atoms with van der Waals surface area (Å²) in [6.45, 7) is 0.432. The fourth-order valence-electron chi connectivity index (χ4n) is 3.24. The molecule has 5 atom stereocenters. The Morgan fingerprint density at radius 2 is 2.00 bits per heavy atom. The first-order valence-electron chi connectivity index (χ1n) is 6.27. The molecule has 0 N–H and O–H groups in total. The second kappa shape index (κ2) is 3.98. The van der Waals surface area contributed by atoms with Crippen molar-refractivity contribution in [3.05, 3.63) is 34.3 Å². The zero-order chi connectivity index (χ0) is 13.1. The standard InChI is InChI=1S/C14H11BrO4/c15-7-3-1-6(2-4-7)12(16)10-9-8-5-18-14(19-8)13(17)11(9)10/h1-4,8-11,14H,5H2. The molecule has 0 spiro atoms. The molecule has 4 rings (SSSR count). The Bertz CT molecular complexity index is 567. The summed E-state index contributed by atoms with van der Waals surface area (Å²) in [5.41, 5.74) is 0.659. The minimum atomic E-state index is -0.728. The van der Waals surface area contributed by atoms with Gasteiger partial charge in [0.2, 0.25) is 6.29 Å². The number of rotatable bonds is 2. The third-order valence-corrected chi connectivity index (χ3v) is 4.74. The highest BCUT2D eigenvalue weighted by molar-refractivity contribution is 9.10. The van der Waals surface area contributed by atoms with Crippen molar-refractivity contribution in [1.29, 1.82) is 0 Å². The number of benzene rings is 1. The Labute approximate surface area is 118 Å². The average molecular weight is 323 g/mol. The van der Waals surface area contributed by atoms with E-state index in [4.69, 9.17) is 9.47 Å². The van der Waals surface area contributed by atoms with Gasteiger partial charge in [-0.05, 0) is 12.1 Å². The molecular formula is C14H11BrO4. The van der Waals surface area contributed by atoms with Gasteiger partial charge >= 0.3 is 0 Å². The van der Waals surface area contributed by atoms with Gasteiger partial charge in [0.05, 0.1) is 12.7 Å². The molecule has 2 heterocycles. The molecule has 1 aromatic rings. The minimum Gasteiger partial charge on any atom is -0.343 e. The molecule has 1 aromatic carbocycles. The molecule has 0 radical (unpaired) electrons. The van der Waals surface area contributed by atoms with E-state index < -0.39 is 6.29 Å². The van der Waals surface area contributed by atoms with Crippen molar-refractivity contribution in [1.82, 2.24) is 0 Å². The maximum Gasteiger partial charge on any atom is 0.218 e. The van der Waals surface area contributed by atoms with Gasteiger partial charge in [0.15, 0.2) is 11.6 Å². The number of carbonyl (C=O) groups is 2. The van der Waals surface area contributed by atoms with Gasteiger partial charge in [-0.1, -0.05) is 28.1 Å². The summed E-state index contributed by atoms with van der Waals surface area (Å²) < 4.78 is 11.7. The quantitative estimate of drug-likeness (QED) is 0.779.